The Balaban J connectivity index is 2.21. The van der Waals surface area contributed by atoms with Crippen molar-refractivity contribution >= 4 is 27.8 Å². The van der Waals surface area contributed by atoms with Crippen LogP contribution in [0.25, 0.3) is 0 Å². The molecule has 2 rings (SSSR count). The number of halogens is 1. The lowest BCUT2D eigenvalue weighted by Gasteiger charge is -2.31. The normalized spacial score (nSPS) is 19.4. The van der Waals surface area contributed by atoms with Crippen molar-refractivity contribution in [2.45, 2.75) is 26.0 Å². The molecule has 1 aliphatic heterocycles. The number of hydrogen-bond acceptors (Lipinski definition) is 3. The zero-order valence-corrected chi connectivity index (χ0v) is 13.0. The molecule has 0 aromatic carbocycles. The Kier molecular flexibility index (Phi) is 4.49. The Bertz CT molecular complexity index is 526. The molecule has 1 aliphatic rings. The Labute approximate surface area is 125 Å². The van der Waals surface area contributed by atoms with Crippen LogP contribution in [0.15, 0.2) is 16.7 Å². The summed E-state index contributed by atoms with van der Waals surface area (Å²) in [6.45, 7) is 4.70. The van der Waals surface area contributed by atoms with Gasteiger partial charge in [0.05, 0.1) is 13.2 Å². The molecule has 0 unspecified atom stereocenters. The van der Waals surface area contributed by atoms with Crippen LogP contribution in [0.5, 0.6) is 0 Å². The monoisotopic (exact) mass is 344 g/mol. The number of nitrogens with zero attached hydrogens (tertiary/aromatic N) is 2. The second-order valence-corrected chi connectivity index (χ2v) is 5.91. The third-order valence-electron chi connectivity index (χ3n) is 3.22. The average Bonchev–Trinajstić information content (AvgIpc) is 2.80. The molecule has 1 aromatic heterocycles. The lowest BCUT2D eigenvalue weighted by Crippen LogP contribution is -2.48. The van der Waals surface area contributed by atoms with E-state index >= 15 is 0 Å². The summed E-state index contributed by atoms with van der Waals surface area (Å²) < 4.78 is 7.83. The Hall–Kier alpha value is -1.34. The largest absolute Gasteiger partial charge is 0.479 e. The first kappa shape index (κ1) is 15.1. The van der Waals surface area contributed by atoms with Gasteiger partial charge < -0.3 is 19.3 Å². The van der Waals surface area contributed by atoms with Crippen molar-refractivity contribution in [3.8, 4) is 0 Å². The topological polar surface area (TPSA) is 71.8 Å². The standard InChI is InChI=1S/C13H17BrN2O4/c1-8(2)16-6-9(14)5-10(16)12(17)15-3-4-20-11(7-15)13(18)19/h5-6,8,11H,3-4,7H2,1-2H3,(H,18,19)/t11-/m0/s1. The zero-order valence-electron chi connectivity index (χ0n) is 11.4. The van der Waals surface area contributed by atoms with Crippen LogP contribution in [-0.4, -0.2) is 52.3 Å². The first-order valence-electron chi connectivity index (χ1n) is 6.41. The number of hydrogen-bond donors (Lipinski definition) is 1. The van der Waals surface area contributed by atoms with Crippen LogP contribution in [0.4, 0.5) is 0 Å². The average molecular weight is 345 g/mol. The van der Waals surface area contributed by atoms with E-state index in [2.05, 4.69) is 15.9 Å². The van der Waals surface area contributed by atoms with Crippen molar-refractivity contribution in [1.29, 1.82) is 0 Å². The summed E-state index contributed by atoms with van der Waals surface area (Å²) in [6, 6.07) is 1.91. The Morgan fingerprint density at radius 2 is 2.20 bits per heavy atom. The van der Waals surface area contributed by atoms with Gasteiger partial charge in [0.1, 0.15) is 5.69 Å². The van der Waals surface area contributed by atoms with Gasteiger partial charge in [-0.3, -0.25) is 4.79 Å². The highest BCUT2D eigenvalue weighted by Crippen LogP contribution is 2.21. The minimum absolute atomic E-state index is 0.0784. The molecular formula is C13H17BrN2O4. The van der Waals surface area contributed by atoms with Gasteiger partial charge in [-0.15, -0.1) is 0 Å². The van der Waals surface area contributed by atoms with Gasteiger partial charge in [-0.05, 0) is 35.8 Å². The van der Waals surface area contributed by atoms with Crippen LogP contribution < -0.4 is 0 Å². The van der Waals surface area contributed by atoms with Crippen molar-refractivity contribution in [2.24, 2.45) is 0 Å². The number of morpholine rings is 1. The first-order valence-corrected chi connectivity index (χ1v) is 7.20. The molecule has 0 aliphatic carbocycles. The minimum Gasteiger partial charge on any atom is -0.479 e. The number of ether oxygens (including phenoxy) is 1. The fourth-order valence-corrected chi connectivity index (χ4v) is 2.63. The van der Waals surface area contributed by atoms with Crippen molar-refractivity contribution in [3.63, 3.8) is 0 Å². The van der Waals surface area contributed by atoms with E-state index < -0.39 is 12.1 Å². The number of carbonyl (C=O) groups is 2. The summed E-state index contributed by atoms with van der Waals surface area (Å²) >= 11 is 3.37. The van der Waals surface area contributed by atoms with E-state index in [9.17, 15) is 9.59 Å². The van der Waals surface area contributed by atoms with Crippen molar-refractivity contribution < 1.29 is 19.4 Å². The van der Waals surface area contributed by atoms with Gasteiger partial charge in [-0.1, -0.05) is 0 Å². The summed E-state index contributed by atoms with van der Waals surface area (Å²) in [5.74, 6) is -1.21. The Morgan fingerprint density at radius 3 is 2.80 bits per heavy atom. The molecule has 1 saturated heterocycles. The molecule has 2 heterocycles. The summed E-state index contributed by atoms with van der Waals surface area (Å²) in [7, 11) is 0. The highest BCUT2D eigenvalue weighted by atomic mass is 79.9. The number of aliphatic carboxylic acids is 1. The molecule has 7 heteroatoms. The lowest BCUT2D eigenvalue weighted by molar-refractivity contribution is -0.154. The zero-order chi connectivity index (χ0) is 14.9. The molecule has 110 valence electrons. The van der Waals surface area contributed by atoms with Crippen molar-refractivity contribution in [2.75, 3.05) is 19.7 Å². The SMILES string of the molecule is CC(C)n1cc(Br)cc1C(=O)N1CCO[C@H](C(=O)O)C1. The molecule has 0 radical (unpaired) electrons. The van der Waals surface area contributed by atoms with E-state index in [-0.39, 0.29) is 25.1 Å². The van der Waals surface area contributed by atoms with E-state index in [1.807, 2.05) is 24.6 Å². The molecular weight excluding hydrogens is 328 g/mol. The molecule has 1 aromatic rings. The smallest absolute Gasteiger partial charge is 0.334 e. The van der Waals surface area contributed by atoms with E-state index in [0.717, 1.165) is 4.47 Å². The highest BCUT2D eigenvalue weighted by Gasteiger charge is 2.30. The molecule has 1 amide bonds. The number of carboxylic acid groups (broad SMARTS) is 1. The fourth-order valence-electron chi connectivity index (χ4n) is 2.19. The molecule has 1 N–H and O–H groups in total. The van der Waals surface area contributed by atoms with Crippen LogP contribution in [0.1, 0.15) is 30.4 Å². The maximum atomic E-state index is 12.5. The van der Waals surface area contributed by atoms with Crippen molar-refractivity contribution in [3.05, 3.63) is 22.4 Å². The predicted octanol–water partition coefficient (Wildman–Crippen LogP) is 1.76. The van der Waals surface area contributed by atoms with Gasteiger partial charge >= 0.3 is 5.97 Å². The van der Waals surface area contributed by atoms with Gasteiger partial charge in [0.15, 0.2) is 6.10 Å². The summed E-state index contributed by atoms with van der Waals surface area (Å²) in [6.07, 6.45) is 0.908. The first-order chi connectivity index (χ1) is 9.40. The fraction of sp³-hybridized carbons (Fsp3) is 0.538. The number of carboxylic acids is 1. The van der Waals surface area contributed by atoms with Crippen molar-refractivity contribution in [1.82, 2.24) is 9.47 Å². The van der Waals surface area contributed by atoms with Crippen LogP contribution in [0.2, 0.25) is 0 Å². The number of rotatable bonds is 3. The third kappa shape index (κ3) is 3.04. The molecule has 0 bridgehead atoms. The summed E-state index contributed by atoms with van der Waals surface area (Å²) in [5, 5.41) is 8.98. The predicted molar refractivity (Wildman–Crippen MR) is 75.8 cm³/mol. The Morgan fingerprint density at radius 1 is 1.50 bits per heavy atom. The van der Waals surface area contributed by atoms with E-state index in [1.54, 1.807) is 6.07 Å². The molecule has 0 saturated carbocycles. The van der Waals surface area contributed by atoms with Gasteiger partial charge in [0.2, 0.25) is 0 Å². The second-order valence-electron chi connectivity index (χ2n) is 4.99. The van der Waals surface area contributed by atoms with Gasteiger partial charge in [-0.25, -0.2) is 4.79 Å². The maximum Gasteiger partial charge on any atom is 0.334 e. The lowest BCUT2D eigenvalue weighted by atomic mass is 10.2. The molecule has 1 atom stereocenters. The number of aromatic nitrogens is 1. The van der Waals surface area contributed by atoms with Gasteiger partial charge in [0.25, 0.3) is 5.91 Å². The number of amides is 1. The minimum atomic E-state index is -1.04. The highest BCUT2D eigenvalue weighted by molar-refractivity contribution is 9.10. The van der Waals surface area contributed by atoms with Gasteiger partial charge in [-0.2, -0.15) is 0 Å². The quantitative estimate of drug-likeness (QED) is 0.906. The molecule has 1 fully saturated rings. The second kappa shape index (κ2) is 5.97. The third-order valence-corrected chi connectivity index (χ3v) is 3.65. The van der Waals surface area contributed by atoms with Gasteiger partial charge in [0, 0.05) is 23.3 Å². The number of carbonyl (C=O) groups excluding carboxylic acids is 1. The van der Waals surface area contributed by atoms with E-state index in [1.165, 1.54) is 4.90 Å². The van der Waals surface area contributed by atoms with Crippen LogP contribution in [0.3, 0.4) is 0 Å². The molecule has 20 heavy (non-hydrogen) atoms. The van der Waals surface area contributed by atoms with E-state index in [4.69, 9.17) is 9.84 Å². The summed E-state index contributed by atoms with van der Waals surface area (Å²) in [4.78, 5) is 25.0. The summed E-state index contributed by atoms with van der Waals surface area (Å²) in [5.41, 5.74) is 0.554. The van der Waals surface area contributed by atoms with E-state index in [0.29, 0.717) is 12.2 Å². The molecule has 0 spiro atoms. The van der Waals surface area contributed by atoms with Crippen LogP contribution >= 0.6 is 15.9 Å². The van der Waals surface area contributed by atoms with Crippen LogP contribution in [0, 0.1) is 0 Å². The molecule has 6 nitrogen and oxygen atoms in total. The van der Waals surface area contributed by atoms with Crippen LogP contribution in [-0.2, 0) is 9.53 Å². The maximum absolute atomic E-state index is 12.5.